The lowest BCUT2D eigenvalue weighted by Gasteiger charge is -2.30. The van der Waals surface area contributed by atoms with Crippen molar-refractivity contribution >= 4 is 11.9 Å². The third kappa shape index (κ3) is 4.04. The van der Waals surface area contributed by atoms with Crippen molar-refractivity contribution in [2.24, 2.45) is 0 Å². The van der Waals surface area contributed by atoms with Gasteiger partial charge in [-0.3, -0.25) is 15.0 Å². The van der Waals surface area contributed by atoms with Crippen molar-refractivity contribution in [1.29, 1.82) is 0 Å². The molecule has 0 unspecified atom stereocenters. The molecule has 110 valence electrons. The minimum absolute atomic E-state index is 0.0340. The highest BCUT2D eigenvalue weighted by atomic mass is 16.6. The van der Waals surface area contributed by atoms with Gasteiger partial charge in [-0.2, -0.15) is 0 Å². The molecule has 0 spiro atoms. The number of carbonyl (C=O) groups is 1. The number of carboxylic acids is 1. The third-order valence-electron chi connectivity index (χ3n) is 3.18. The Morgan fingerprint density at radius 1 is 1.50 bits per heavy atom. The fraction of sp³-hybridized carbons (Fsp3) is 0.583. The number of hydrogen-bond acceptors (Lipinski definition) is 6. The highest BCUT2D eigenvalue weighted by molar-refractivity contribution is 5.68. The molecular formula is C12H16N2O6. The molecule has 0 aliphatic carbocycles. The predicted molar refractivity (Wildman–Crippen MR) is 67.2 cm³/mol. The molecule has 0 atom stereocenters. The van der Waals surface area contributed by atoms with Gasteiger partial charge in [-0.05, 0) is 18.9 Å². The average molecular weight is 284 g/mol. The Kier molecular flexibility index (Phi) is 4.70. The highest BCUT2D eigenvalue weighted by Gasteiger charge is 2.22. The van der Waals surface area contributed by atoms with Gasteiger partial charge in [0.25, 0.3) is 0 Å². The van der Waals surface area contributed by atoms with Crippen molar-refractivity contribution in [3.05, 3.63) is 28.0 Å². The summed E-state index contributed by atoms with van der Waals surface area (Å²) in [5.41, 5.74) is 0. The van der Waals surface area contributed by atoms with Crippen LogP contribution in [0.25, 0.3) is 0 Å². The molecule has 1 aliphatic rings. The first kappa shape index (κ1) is 14.5. The van der Waals surface area contributed by atoms with Gasteiger partial charge in [0, 0.05) is 13.1 Å². The Bertz CT molecular complexity index is 478. The maximum Gasteiger partial charge on any atom is 0.433 e. The van der Waals surface area contributed by atoms with Crippen LogP contribution in [0, 0.1) is 10.1 Å². The minimum atomic E-state index is -0.963. The van der Waals surface area contributed by atoms with Crippen molar-refractivity contribution in [2.75, 3.05) is 19.7 Å². The summed E-state index contributed by atoms with van der Waals surface area (Å²) in [5.74, 6) is -0.656. The van der Waals surface area contributed by atoms with Crippen LogP contribution < -0.4 is 0 Å². The molecule has 2 rings (SSSR count). The molecule has 1 saturated heterocycles. The fourth-order valence-electron chi connectivity index (χ4n) is 2.19. The van der Waals surface area contributed by atoms with Gasteiger partial charge in [0.15, 0.2) is 0 Å². The summed E-state index contributed by atoms with van der Waals surface area (Å²) >= 11 is 0. The second kappa shape index (κ2) is 6.49. The molecule has 0 radical (unpaired) electrons. The lowest BCUT2D eigenvalue weighted by molar-refractivity contribution is -0.402. The smallest absolute Gasteiger partial charge is 0.433 e. The normalized spacial score (nSPS) is 17.2. The molecule has 0 aromatic carbocycles. The molecule has 1 aromatic heterocycles. The largest absolute Gasteiger partial charge is 0.480 e. The van der Waals surface area contributed by atoms with Gasteiger partial charge in [0.2, 0.25) is 0 Å². The number of rotatable bonds is 6. The van der Waals surface area contributed by atoms with Crippen LogP contribution in [0.4, 0.5) is 5.88 Å². The molecule has 1 aromatic rings. The van der Waals surface area contributed by atoms with E-state index < -0.39 is 10.9 Å². The second-order valence-corrected chi connectivity index (χ2v) is 4.68. The van der Waals surface area contributed by atoms with Gasteiger partial charge in [-0.15, -0.1) is 0 Å². The molecule has 8 nitrogen and oxygen atoms in total. The average Bonchev–Trinajstić information content (AvgIpc) is 2.86. The Labute approximate surface area is 115 Å². The van der Waals surface area contributed by atoms with Crippen LogP contribution in [0.2, 0.25) is 0 Å². The molecule has 20 heavy (non-hydrogen) atoms. The molecule has 1 aliphatic heterocycles. The minimum Gasteiger partial charge on any atom is -0.480 e. The van der Waals surface area contributed by atoms with Crippen LogP contribution >= 0.6 is 0 Å². The number of hydrogen-bond donors (Lipinski definition) is 1. The van der Waals surface area contributed by atoms with Crippen molar-refractivity contribution in [3.63, 3.8) is 0 Å². The van der Waals surface area contributed by atoms with Crippen LogP contribution in [-0.4, -0.2) is 46.7 Å². The van der Waals surface area contributed by atoms with Crippen molar-refractivity contribution in [2.45, 2.75) is 25.5 Å². The van der Waals surface area contributed by atoms with E-state index in [4.69, 9.17) is 14.3 Å². The molecule has 1 N–H and O–H groups in total. The zero-order valence-electron chi connectivity index (χ0n) is 10.9. The zero-order valence-corrected chi connectivity index (χ0v) is 10.9. The Hall–Kier alpha value is -1.93. The van der Waals surface area contributed by atoms with E-state index in [2.05, 4.69) is 4.90 Å². The zero-order chi connectivity index (χ0) is 14.5. The quantitative estimate of drug-likeness (QED) is 0.619. The summed E-state index contributed by atoms with van der Waals surface area (Å²) in [7, 11) is 0. The van der Waals surface area contributed by atoms with E-state index in [-0.39, 0.29) is 18.6 Å². The van der Waals surface area contributed by atoms with E-state index >= 15 is 0 Å². The first-order chi connectivity index (χ1) is 9.54. The van der Waals surface area contributed by atoms with Crippen LogP contribution in [0.1, 0.15) is 18.6 Å². The SMILES string of the molecule is O=C(O)COC1CCN(Cc2ccc([N+](=O)[O-])o2)CC1. The first-order valence-corrected chi connectivity index (χ1v) is 6.33. The highest BCUT2D eigenvalue weighted by Crippen LogP contribution is 2.20. The molecular weight excluding hydrogens is 268 g/mol. The van der Waals surface area contributed by atoms with Gasteiger partial charge < -0.3 is 14.3 Å². The summed E-state index contributed by atoms with van der Waals surface area (Å²) in [6.45, 7) is 1.74. The summed E-state index contributed by atoms with van der Waals surface area (Å²) in [5, 5.41) is 19.0. The van der Waals surface area contributed by atoms with Gasteiger partial charge in [0.1, 0.15) is 17.3 Å². The second-order valence-electron chi connectivity index (χ2n) is 4.68. The maximum absolute atomic E-state index is 10.5. The summed E-state index contributed by atoms with van der Waals surface area (Å²) < 4.78 is 10.3. The van der Waals surface area contributed by atoms with Crippen molar-refractivity contribution in [3.8, 4) is 0 Å². The van der Waals surface area contributed by atoms with Crippen LogP contribution in [-0.2, 0) is 16.1 Å². The summed E-state index contributed by atoms with van der Waals surface area (Å²) in [4.78, 5) is 22.5. The summed E-state index contributed by atoms with van der Waals surface area (Å²) in [6, 6.07) is 2.95. The number of nitro groups is 1. The number of aliphatic carboxylic acids is 1. The Balaban J connectivity index is 1.76. The standard InChI is InChI=1S/C12H16N2O6/c15-12(16)8-19-9-3-5-13(6-4-9)7-10-1-2-11(20-10)14(17)18/h1-2,9H,3-8H2,(H,15,16). The topological polar surface area (TPSA) is 106 Å². The molecule has 0 amide bonds. The molecule has 8 heteroatoms. The third-order valence-corrected chi connectivity index (χ3v) is 3.18. The van der Waals surface area contributed by atoms with E-state index in [1.165, 1.54) is 6.07 Å². The lowest BCUT2D eigenvalue weighted by atomic mass is 10.1. The van der Waals surface area contributed by atoms with Gasteiger partial charge in [-0.25, -0.2) is 4.79 Å². The molecule has 0 saturated carbocycles. The molecule has 1 fully saturated rings. The number of piperidine rings is 1. The number of furan rings is 1. The van der Waals surface area contributed by atoms with Crippen LogP contribution in [0.15, 0.2) is 16.5 Å². The van der Waals surface area contributed by atoms with E-state index in [1.54, 1.807) is 6.07 Å². The number of nitrogens with zero attached hydrogens (tertiary/aromatic N) is 2. The Morgan fingerprint density at radius 3 is 2.75 bits per heavy atom. The van der Waals surface area contributed by atoms with E-state index in [0.717, 1.165) is 25.9 Å². The number of likely N-dealkylation sites (tertiary alicyclic amines) is 1. The van der Waals surface area contributed by atoms with Gasteiger partial charge in [-0.1, -0.05) is 0 Å². The maximum atomic E-state index is 10.5. The molecule has 0 bridgehead atoms. The Morgan fingerprint density at radius 2 is 2.20 bits per heavy atom. The van der Waals surface area contributed by atoms with Crippen molar-refractivity contribution in [1.82, 2.24) is 4.90 Å². The first-order valence-electron chi connectivity index (χ1n) is 6.33. The number of carboxylic acid groups (broad SMARTS) is 1. The van der Waals surface area contributed by atoms with Gasteiger partial charge >= 0.3 is 11.9 Å². The number of ether oxygens (including phenoxy) is 1. The van der Waals surface area contributed by atoms with Gasteiger partial charge in [0.05, 0.1) is 18.7 Å². The van der Waals surface area contributed by atoms with Crippen LogP contribution in [0.5, 0.6) is 0 Å². The lowest BCUT2D eigenvalue weighted by Crippen LogP contribution is -2.37. The summed E-state index contributed by atoms with van der Waals surface area (Å²) in [6.07, 6.45) is 1.46. The van der Waals surface area contributed by atoms with Crippen molar-refractivity contribution < 1.29 is 24.0 Å². The van der Waals surface area contributed by atoms with Crippen LogP contribution in [0.3, 0.4) is 0 Å². The predicted octanol–water partition coefficient (Wildman–Crippen LogP) is 1.25. The van der Waals surface area contributed by atoms with E-state index in [9.17, 15) is 14.9 Å². The molecule has 2 heterocycles. The van der Waals surface area contributed by atoms with E-state index in [1.807, 2.05) is 0 Å². The van der Waals surface area contributed by atoms with E-state index in [0.29, 0.717) is 12.3 Å². The fourth-order valence-corrected chi connectivity index (χ4v) is 2.19. The monoisotopic (exact) mass is 284 g/mol.